The highest BCUT2D eigenvalue weighted by atomic mass is 16.6. The normalized spacial score (nSPS) is 12.0. The molecule has 0 aromatic rings. The molecule has 0 aliphatic carbocycles. The number of hydrogen-bond donors (Lipinski definition) is 2. The lowest BCUT2D eigenvalue weighted by Crippen LogP contribution is -2.33. The van der Waals surface area contributed by atoms with Gasteiger partial charge in [-0.05, 0) is 60.7 Å². The fourth-order valence-electron chi connectivity index (χ4n) is 2.31. The highest BCUT2D eigenvalue weighted by Crippen LogP contribution is 2.07. The first-order valence-electron chi connectivity index (χ1n) is 11.9. The first-order valence-corrected chi connectivity index (χ1v) is 11.9. The van der Waals surface area contributed by atoms with Gasteiger partial charge in [0.2, 0.25) is 0 Å². The van der Waals surface area contributed by atoms with Crippen molar-refractivity contribution in [3.8, 4) is 0 Å². The van der Waals surface area contributed by atoms with E-state index in [4.69, 9.17) is 18.9 Å². The van der Waals surface area contributed by atoms with E-state index in [-0.39, 0.29) is 39.1 Å². The van der Waals surface area contributed by atoms with E-state index in [1.807, 2.05) is 24.1 Å². The largest absolute Gasteiger partial charge is 0.461 e. The third-order valence-electron chi connectivity index (χ3n) is 3.84. The van der Waals surface area contributed by atoms with E-state index in [2.05, 4.69) is 10.6 Å². The van der Waals surface area contributed by atoms with E-state index in [1.165, 1.54) is 0 Å². The minimum atomic E-state index is -0.589. The van der Waals surface area contributed by atoms with E-state index >= 15 is 0 Å². The Morgan fingerprint density at radius 2 is 1.03 bits per heavy atom. The summed E-state index contributed by atoms with van der Waals surface area (Å²) in [4.78, 5) is 48.3. The molecule has 0 aromatic heterocycles. The average molecular weight is 514 g/mol. The van der Waals surface area contributed by atoms with Gasteiger partial charge >= 0.3 is 24.1 Å². The molecular weight excluding hydrogens is 470 g/mol. The molecule has 2 N–H and O–H groups in total. The molecule has 36 heavy (non-hydrogen) atoms. The van der Waals surface area contributed by atoms with Crippen LogP contribution in [0.15, 0.2) is 24.3 Å². The lowest BCUT2D eigenvalue weighted by atomic mass is 10.2. The summed E-state index contributed by atoms with van der Waals surface area (Å²) in [6.45, 7) is 12.4. The number of amides is 2. The number of ether oxygens (including phenoxy) is 4. The van der Waals surface area contributed by atoms with Crippen molar-refractivity contribution in [3.05, 3.63) is 24.3 Å². The summed E-state index contributed by atoms with van der Waals surface area (Å²) in [5.74, 6) is -0.829. The van der Waals surface area contributed by atoms with Crippen LogP contribution in [-0.4, -0.2) is 86.7 Å². The lowest BCUT2D eigenvalue weighted by Gasteiger charge is -2.19. The summed E-state index contributed by atoms with van der Waals surface area (Å²) in [6, 6.07) is 0. The zero-order valence-electron chi connectivity index (χ0n) is 22.7. The van der Waals surface area contributed by atoms with Crippen LogP contribution in [0.1, 0.15) is 54.4 Å². The first-order chi connectivity index (χ1) is 16.7. The van der Waals surface area contributed by atoms with Gasteiger partial charge in [0.25, 0.3) is 0 Å². The summed E-state index contributed by atoms with van der Waals surface area (Å²) in [5, 5.41) is 5.00. The van der Waals surface area contributed by atoms with Crippen molar-refractivity contribution in [2.24, 2.45) is 0 Å². The monoisotopic (exact) mass is 513 g/mol. The Bertz CT molecular complexity index is 689. The second-order valence-corrected chi connectivity index (χ2v) is 9.89. The van der Waals surface area contributed by atoms with Crippen LogP contribution < -0.4 is 10.6 Å². The Labute approximate surface area is 214 Å². The van der Waals surface area contributed by atoms with Crippen molar-refractivity contribution in [3.63, 3.8) is 0 Å². The van der Waals surface area contributed by atoms with Gasteiger partial charge in [0.15, 0.2) is 0 Å². The number of likely N-dealkylation sites (N-methyl/N-ethyl adjacent to an activating group) is 1. The SMILES string of the molecule is CN(C/C=C/COC(=O)CCNC(=O)OC(C)(C)C)C/C=C/COC(=O)CCNC(=O)OC(C)(C)C. The van der Waals surface area contributed by atoms with Gasteiger partial charge in [-0.1, -0.05) is 12.2 Å². The minimum absolute atomic E-state index is 0.0581. The molecule has 11 heteroatoms. The number of esters is 2. The molecule has 0 heterocycles. The first kappa shape index (κ1) is 32.9. The van der Waals surface area contributed by atoms with Gasteiger partial charge in [0.1, 0.15) is 24.4 Å². The Morgan fingerprint density at radius 1 is 0.667 bits per heavy atom. The fraction of sp³-hybridized carbons (Fsp3) is 0.680. The highest BCUT2D eigenvalue weighted by molar-refractivity contribution is 5.72. The molecule has 0 bridgehead atoms. The molecule has 0 unspecified atom stereocenters. The molecule has 0 saturated heterocycles. The Hall–Kier alpha value is -3.08. The Morgan fingerprint density at radius 3 is 1.36 bits per heavy atom. The van der Waals surface area contributed by atoms with Crippen molar-refractivity contribution < 1.29 is 38.1 Å². The molecule has 0 spiro atoms. The molecule has 0 aliphatic rings. The van der Waals surface area contributed by atoms with Crippen LogP contribution in [0.2, 0.25) is 0 Å². The molecule has 0 fully saturated rings. The van der Waals surface area contributed by atoms with Crippen LogP contribution in [-0.2, 0) is 28.5 Å². The number of alkyl carbamates (subject to hydrolysis) is 2. The fourth-order valence-corrected chi connectivity index (χ4v) is 2.31. The molecule has 2 amide bonds. The smallest absolute Gasteiger partial charge is 0.407 e. The Balaban J connectivity index is 3.81. The summed E-state index contributed by atoms with van der Waals surface area (Å²) in [7, 11) is 1.91. The van der Waals surface area contributed by atoms with Crippen molar-refractivity contribution in [1.82, 2.24) is 15.5 Å². The predicted octanol–water partition coefficient (Wildman–Crippen LogP) is 2.95. The number of carbonyl (C=O) groups is 4. The minimum Gasteiger partial charge on any atom is -0.461 e. The third kappa shape index (κ3) is 22.7. The Kier molecular flexibility index (Phi) is 15.9. The van der Waals surface area contributed by atoms with Gasteiger partial charge in [0.05, 0.1) is 12.8 Å². The van der Waals surface area contributed by atoms with Gasteiger partial charge in [0, 0.05) is 26.2 Å². The number of nitrogens with zero attached hydrogens (tertiary/aromatic N) is 1. The van der Waals surface area contributed by atoms with Crippen molar-refractivity contribution in [2.75, 3.05) is 46.4 Å². The second-order valence-electron chi connectivity index (χ2n) is 9.89. The average Bonchev–Trinajstić information content (AvgIpc) is 2.70. The van der Waals surface area contributed by atoms with Crippen molar-refractivity contribution >= 4 is 24.1 Å². The topological polar surface area (TPSA) is 132 Å². The highest BCUT2D eigenvalue weighted by Gasteiger charge is 2.16. The van der Waals surface area contributed by atoms with E-state index in [9.17, 15) is 19.2 Å². The zero-order valence-corrected chi connectivity index (χ0v) is 22.7. The molecule has 0 aliphatic heterocycles. The number of carbonyl (C=O) groups excluding carboxylic acids is 4. The van der Waals surface area contributed by atoms with Crippen LogP contribution >= 0.6 is 0 Å². The summed E-state index contributed by atoms with van der Waals surface area (Å²) in [5.41, 5.74) is -1.18. The summed E-state index contributed by atoms with van der Waals surface area (Å²) < 4.78 is 20.3. The standard InChI is InChI=1S/C25H43N3O8/c1-24(2,3)35-22(31)26-14-12-20(29)33-18-10-8-16-28(7)17-9-11-19-34-21(30)13-15-27-23(32)36-25(4,5)6/h8-11H,12-19H2,1-7H3,(H,26,31)(H,27,32)/b10-8+,11-9+. The molecule has 0 atom stereocenters. The van der Waals surface area contributed by atoms with Gasteiger partial charge in [-0.15, -0.1) is 0 Å². The molecule has 0 radical (unpaired) electrons. The van der Waals surface area contributed by atoms with Crippen LogP contribution in [0.25, 0.3) is 0 Å². The number of nitrogens with one attached hydrogen (secondary N) is 2. The number of rotatable bonds is 14. The zero-order chi connectivity index (χ0) is 27.6. The van der Waals surface area contributed by atoms with Gasteiger partial charge < -0.3 is 29.6 Å². The van der Waals surface area contributed by atoms with Crippen LogP contribution in [0.4, 0.5) is 9.59 Å². The van der Waals surface area contributed by atoms with Crippen molar-refractivity contribution in [2.45, 2.75) is 65.6 Å². The maximum atomic E-state index is 11.7. The summed E-state index contributed by atoms with van der Waals surface area (Å²) in [6.07, 6.45) is 6.20. The van der Waals surface area contributed by atoms with Crippen molar-refractivity contribution in [1.29, 1.82) is 0 Å². The van der Waals surface area contributed by atoms with E-state index in [1.54, 1.807) is 53.7 Å². The lowest BCUT2D eigenvalue weighted by molar-refractivity contribution is -0.143. The molecule has 11 nitrogen and oxygen atoms in total. The van der Waals surface area contributed by atoms with Crippen LogP contribution in [0.5, 0.6) is 0 Å². The molecule has 0 saturated carbocycles. The quantitative estimate of drug-likeness (QED) is 0.204. The third-order valence-corrected chi connectivity index (χ3v) is 3.84. The van der Waals surface area contributed by atoms with Crippen LogP contribution in [0, 0.1) is 0 Å². The van der Waals surface area contributed by atoms with Gasteiger partial charge in [-0.25, -0.2) is 9.59 Å². The summed E-state index contributed by atoms with van der Waals surface area (Å²) >= 11 is 0. The predicted molar refractivity (Wildman–Crippen MR) is 135 cm³/mol. The molecular formula is C25H43N3O8. The molecule has 0 aromatic carbocycles. The van der Waals surface area contributed by atoms with Crippen LogP contribution in [0.3, 0.4) is 0 Å². The maximum absolute atomic E-state index is 11.7. The maximum Gasteiger partial charge on any atom is 0.407 e. The second kappa shape index (κ2) is 17.4. The van der Waals surface area contributed by atoms with Gasteiger partial charge in [-0.3, -0.25) is 14.5 Å². The van der Waals surface area contributed by atoms with Gasteiger partial charge in [-0.2, -0.15) is 0 Å². The van der Waals surface area contributed by atoms with E-state index in [0.29, 0.717) is 13.1 Å². The molecule has 206 valence electrons. The van der Waals surface area contributed by atoms with E-state index < -0.39 is 35.3 Å². The van der Waals surface area contributed by atoms with E-state index in [0.717, 1.165) is 0 Å². The molecule has 0 rings (SSSR count). The number of hydrogen-bond acceptors (Lipinski definition) is 9.